The highest BCUT2D eigenvalue weighted by Crippen LogP contribution is 2.58. The molecule has 5 nitrogen and oxygen atoms in total. The molecule has 2 aliphatic heterocycles. The van der Waals surface area contributed by atoms with Gasteiger partial charge in [-0.1, -0.05) is 37.1 Å². The zero-order valence-electron chi connectivity index (χ0n) is 19.8. The normalized spacial score (nSPS) is 21.2. The Balaban J connectivity index is 1.19. The number of fused-ring (bicyclic) bond motifs is 2. The third-order valence-electron chi connectivity index (χ3n) is 8.88. The van der Waals surface area contributed by atoms with Crippen LogP contribution in [0.25, 0.3) is 11.1 Å². The van der Waals surface area contributed by atoms with Crippen LogP contribution in [0.5, 0.6) is 0 Å². The molecule has 0 unspecified atom stereocenters. The zero-order chi connectivity index (χ0) is 23.6. The Hall–Kier alpha value is -3.28. The minimum Gasteiger partial charge on any atom is -0.338 e. The summed E-state index contributed by atoms with van der Waals surface area (Å²) in [7, 11) is 0. The second-order valence-electron chi connectivity index (χ2n) is 11.0. The van der Waals surface area contributed by atoms with Crippen molar-refractivity contribution in [3.8, 4) is 11.1 Å². The van der Waals surface area contributed by atoms with Gasteiger partial charge in [-0.05, 0) is 61.3 Å². The van der Waals surface area contributed by atoms with Gasteiger partial charge in [0.15, 0.2) is 0 Å². The standard InChI is InChI=1S/C29H29FN4O/c30-24-6-2-1-5-22(24)21-16-31-27(32-17-21)34-19-29(11-12-29)23-8-7-20(15-25(23)34)26(35)33-14-13-28(18-33)9-3-4-10-28/h1-2,5-8,15-17H,3-4,9-14,18-19H2. The first-order chi connectivity index (χ1) is 17.1. The third-order valence-corrected chi connectivity index (χ3v) is 8.88. The lowest BCUT2D eigenvalue weighted by Crippen LogP contribution is -2.31. The maximum absolute atomic E-state index is 14.2. The van der Waals surface area contributed by atoms with Gasteiger partial charge in [-0.2, -0.15) is 0 Å². The number of carbonyl (C=O) groups is 1. The van der Waals surface area contributed by atoms with Gasteiger partial charge in [0.2, 0.25) is 5.95 Å². The van der Waals surface area contributed by atoms with Crippen LogP contribution < -0.4 is 4.90 Å². The maximum Gasteiger partial charge on any atom is 0.253 e. The van der Waals surface area contributed by atoms with E-state index in [0.29, 0.717) is 22.5 Å². The Bertz CT molecular complexity index is 1310. The van der Waals surface area contributed by atoms with Gasteiger partial charge in [0.25, 0.3) is 5.91 Å². The van der Waals surface area contributed by atoms with Crippen molar-refractivity contribution in [2.75, 3.05) is 24.5 Å². The number of carbonyl (C=O) groups excluding carboxylic acids is 1. The van der Waals surface area contributed by atoms with Crippen LogP contribution in [0.2, 0.25) is 0 Å². The number of aromatic nitrogens is 2. The summed E-state index contributed by atoms with van der Waals surface area (Å²) in [5.74, 6) is 0.464. The highest BCUT2D eigenvalue weighted by molar-refractivity contribution is 5.96. The van der Waals surface area contributed by atoms with Crippen LogP contribution in [-0.2, 0) is 5.41 Å². The number of benzene rings is 2. The van der Waals surface area contributed by atoms with Crippen molar-refractivity contribution in [3.05, 3.63) is 71.8 Å². The highest BCUT2D eigenvalue weighted by atomic mass is 19.1. The molecule has 35 heavy (non-hydrogen) atoms. The summed E-state index contributed by atoms with van der Waals surface area (Å²) >= 11 is 0. The lowest BCUT2D eigenvalue weighted by atomic mass is 9.86. The Morgan fingerprint density at radius 2 is 1.69 bits per heavy atom. The van der Waals surface area contributed by atoms with Crippen LogP contribution >= 0.6 is 0 Å². The quantitative estimate of drug-likeness (QED) is 0.482. The molecule has 0 radical (unpaired) electrons. The van der Waals surface area contributed by atoms with Gasteiger partial charge in [-0.3, -0.25) is 4.79 Å². The number of hydrogen-bond donors (Lipinski definition) is 0. The number of anilines is 2. The molecule has 6 heteroatoms. The first-order valence-corrected chi connectivity index (χ1v) is 12.8. The molecule has 1 saturated heterocycles. The fraction of sp³-hybridized carbons (Fsp3) is 0.414. The molecule has 3 heterocycles. The fourth-order valence-electron chi connectivity index (χ4n) is 6.69. The average Bonchev–Trinajstić information content (AvgIpc) is 3.20. The first kappa shape index (κ1) is 21.0. The number of rotatable bonds is 3. The Labute approximate surface area is 205 Å². The number of hydrogen-bond acceptors (Lipinski definition) is 4. The second kappa shape index (κ2) is 7.61. The van der Waals surface area contributed by atoms with Crippen LogP contribution in [0.4, 0.5) is 16.0 Å². The summed E-state index contributed by atoms with van der Waals surface area (Å²) < 4.78 is 14.2. The lowest BCUT2D eigenvalue weighted by Gasteiger charge is -2.24. The largest absolute Gasteiger partial charge is 0.338 e. The SMILES string of the molecule is O=C(c1ccc2c(c1)N(c1ncc(-c3ccccc3F)cn1)CC21CC1)N1CCC2(CCCC2)C1. The van der Waals surface area contributed by atoms with Crippen molar-refractivity contribution in [1.82, 2.24) is 14.9 Å². The van der Waals surface area contributed by atoms with E-state index in [9.17, 15) is 9.18 Å². The summed E-state index contributed by atoms with van der Waals surface area (Å²) in [6.07, 6.45) is 11.9. The van der Waals surface area contributed by atoms with E-state index in [2.05, 4.69) is 31.9 Å². The first-order valence-electron chi connectivity index (χ1n) is 12.8. The van der Waals surface area contributed by atoms with Crippen LogP contribution in [-0.4, -0.2) is 40.4 Å². The molecule has 7 rings (SSSR count). The number of amides is 1. The van der Waals surface area contributed by atoms with E-state index in [-0.39, 0.29) is 17.1 Å². The number of likely N-dealkylation sites (tertiary alicyclic amines) is 1. The predicted molar refractivity (Wildman–Crippen MR) is 133 cm³/mol. The Morgan fingerprint density at radius 3 is 2.43 bits per heavy atom. The van der Waals surface area contributed by atoms with Crippen molar-refractivity contribution in [2.24, 2.45) is 5.41 Å². The van der Waals surface area contributed by atoms with E-state index in [0.717, 1.165) is 50.1 Å². The van der Waals surface area contributed by atoms with Gasteiger partial charge >= 0.3 is 0 Å². The molecule has 178 valence electrons. The van der Waals surface area contributed by atoms with Gasteiger partial charge in [0.1, 0.15) is 5.82 Å². The van der Waals surface area contributed by atoms with E-state index in [1.807, 2.05) is 12.1 Å². The minimum absolute atomic E-state index is 0.143. The molecule has 0 bridgehead atoms. The summed E-state index contributed by atoms with van der Waals surface area (Å²) in [4.78, 5) is 26.9. The Kier molecular flexibility index (Phi) is 4.57. The van der Waals surface area contributed by atoms with Crippen molar-refractivity contribution in [1.29, 1.82) is 0 Å². The summed E-state index contributed by atoms with van der Waals surface area (Å²) in [5, 5.41) is 0. The van der Waals surface area contributed by atoms with Crippen molar-refractivity contribution >= 4 is 17.5 Å². The summed E-state index contributed by atoms with van der Waals surface area (Å²) in [6.45, 7) is 2.59. The molecule has 2 saturated carbocycles. The van der Waals surface area contributed by atoms with Crippen molar-refractivity contribution < 1.29 is 9.18 Å². The van der Waals surface area contributed by atoms with Gasteiger partial charge < -0.3 is 9.80 Å². The zero-order valence-corrected chi connectivity index (χ0v) is 19.8. The number of halogens is 1. The van der Waals surface area contributed by atoms with Crippen molar-refractivity contribution in [3.63, 3.8) is 0 Å². The highest BCUT2D eigenvalue weighted by Gasteiger charge is 2.52. The molecule has 2 aliphatic carbocycles. The molecule has 4 aliphatic rings. The second-order valence-corrected chi connectivity index (χ2v) is 11.0. The van der Waals surface area contributed by atoms with E-state index in [1.54, 1.807) is 24.5 Å². The molecule has 3 fully saturated rings. The third kappa shape index (κ3) is 3.37. The molecule has 1 amide bonds. The monoisotopic (exact) mass is 468 g/mol. The summed E-state index contributed by atoms with van der Waals surface area (Å²) in [5.41, 5.74) is 4.76. The Morgan fingerprint density at radius 1 is 0.914 bits per heavy atom. The average molecular weight is 469 g/mol. The fourth-order valence-corrected chi connectivity index (χ4v) is 6.69. The van der Waals surface area contributed by atoms with E-state index >= 15 is 0 Å². The van der Waals surface area contributed by atoms with Gasteiger partial charge in [-0.15, -0.1) is 0 Å². The topological polar surface area (TPSA) is 49.3 Å². The van der Waals surface area contributed by atoms with Crippen molar-refractivity contribution in [2.45, 2.75) is 50.4 Å². The molecule has 3 aromatic rings. The minimum atomic E-state index is -0.281. The van der Waals surface area contributed by atoms with Crippen LogP contribution in [0.3, 0.4) is 0 Å². The smallest absolute Gasteiger partial charge is 0.253 e. The lowest BCUT2D eigenvalue weighted by molar-refractivity contribution is 0.0773. The van der Waals surface area contributed by atoms with Gasteiger partial charge in [-0.25, -0.2) is 14.4 Å². The van der Waals surface area contributed by atoms with Gasteiger partial charge in [0, 0.05) is 59.8 Å². The summed E-state index contributed by atoms with van der Waals surface area (Å²) in [6, 6.07) is 12.9. The molecule has 0 N–H and O–H groups in total. The number of nitrogens with zero attached hydrogens (tertiary/aromatic N) is 4. The van der Waals surface area contributed by atoms with E-state index < -0.39 is 0 Å². The van der Waals surface area contributed by atoms with Crippen LogP contribution in [0.1, 0.15) is 60.9 Å². The molecular formula is C29H29FN4O. The molecule has 2 aromatic carbocycles. The maximum atomic E-state index is 14.2. The van der Waals surface area contributed by atoms with Crippen LogP contribution in [0.15, 0.2) is 54.9 Å². The molecule has 1 aromatic heterocycles. The van der Waals surface area contributed by atoms with Crippen LogP contribution in [0, 0.1) is 11.2 Å². The van der Waals surface area contributed by atoms with E-state index in [1.165, 1.54) is 37.3 Å². The predicted octanol–water partition coefficient (Wildman–Crippen LogP) is 5.87. The van der Waals surface area contributed by atoms with E-state index in [4.69, 9.17) is 0 Å². The molecule has 2 spiro atoms. The molecular weight excluding hydrogens is 439 g/mol. The van der Waals surface area contributed by atoms with Gasteiger partial charge in [0.05, 0.1) is 0 Å². The molecule has 0 atom stereocenters.